The van der Waals surface area contributed by atoms with E-state index in [0.717, 1.165) is 17.9 Å². The Morgan fingerprint density at radius 3 is 2.65 bits per heavy atom. The number of pyridine rings is 1. The fourth-order valence-electron chi connectivity index (χ4n) is 3.98. The molecule has 3 N–H and O–H groups in total. The lowest BCUT2D eigenvalue weighted by molar-refractivity contribution is 0.0697. The Kier molecular flexibility index (Phi) is 5.91. The van der Waals surface area contributed by atoms with Gasteiger partial charge in [0.2, 0.25) is 0 Å². The molecule has 0 spiro atoms. The molecule has 31 heavy (non-hydrogen) atoms. The molecular weight excluding hydrogens is 388 g/mol. The largest absolute Gasteiger partial charge is 0.478 e. The van der Waals surface area contributed by atoms with Gasteiger partial charge in [-0.05, 0) is 52.9 Å². The first-order valence-electron chi connectivity index (χ1n) is 10.5. The first-order chi connectivity index (χ1) is 14.9. The molecule has 1 atom stereocenters. The molecule has 2 aromatic carbocycles. The molecule has 1 aliphatic rings. The van der Waals surface area contributed by atoms with Gasteiger partial charge in [-0.3, -0.25) is 4.98 Å². The molecule has 0 unspecified atom stereocenters. The summed E-state index contributed by atoms with van der Waals surface area (Å²) < 4.78 is 0. The summed E-state index contributed by atoms with van der Waals surface area (Å²) in [6.45, 7) is 5.78. The minimum atomic E-state index is -0.959. The van der Waals surface area contributed by atoms with Crippen molar-refractivity contribution in [2.45, 2.75) is 32.4 Å². The van der Waals surface area contributed by atoms with Crippen LogP contribution in [0.3, 0.4) is 0 Å². The highest BCUT2D eigenvalue weighted by atomic mass is 16.4. The van der Waals surface area contributed by atoms with Crippen LogP contribution in [0.5, 0.6) is 0 Å². The van der Waals surface area contributed by atoms with E-state index in [9.17, 15) is 9.90 Å². The number of carboxylic acids is 1. The van der Waals surface area contributed by atoms with E-state index < -0.39 is 5.97 Å². The fourth-order valence-corrected chi connectivity index (χ4v) is 3.98. The van der Waals surface area contributed by atoms with E-state index >= 15 is 0 Å². The van der Waals surface area contributed by atoms with E-state index in [1.54, 1.807) is 6.20 Å². The van der Waals surface area contributed by atoms with Gasteiger partial charge in [0.25, 0.3) is 0 Å². The lowest BCUT2D eigenvalue weighted by Crippen LogP contribution is -2.22. The maximum absolute atomic E-state index is 11.4. The zero-order chi connectivity index (χ0) is 22.0. The van der Waals surface area contributed by atoms with Crippen LogP contribution in [0.1, 0.15) is 52.9 Å². The van der Waals surface area contributed by atoms with Crippen molar-refractivity contribution in [3.8, 4) is 0 Å². The van der Waals surface area contributed by atoms with Crippen LogP contribution in [0.25, 0.3) is 0 Å². The van der Waals surface area contributed by atoms with E-state index in [4.69, 9.17) is 0 Å². The van der Waals surface area contributed by atoms with E-state index in [0.29, 0.717) is 18.2 Å². The summed E-state index contributed by atoms with van der Waals surface area (Å²) in [6, 6.07) is 16.9. The fraction of sp³-hybridized carbons (Fsp3) is 0.280. The van der Waals surface area contributed by atoms with Crippen LogP contribution in [0.15, 0.2) is 60.9 Å². The zero-order valence-corrected chi connectivity index (χ0v) is 18.1. The van der Waals surface area contributed by atoms with Crippen LogP contribution in [-0.2, 0) is 6.54 Å². The topological polar surface area (TPSA) is 77.5 Å². The normalized spacial score (nSPS) is 15.0. The maximum atomic E-state index is 11.4. The average molecular weight is 417 g/mol. The Balaban J connectivity index is 1.47. The predicted octanol–water partition coefficient (Wildman–Crippen LogP) is 4.93. The van der Waals surface area contributed by atoms with Crippen molar-refractivity contribution in [1.82, 2.24) is 10.3 Å². The van der Waals surface area contributed by atoms with Gasteiger partial charge in [0.1, 0.15) is 0 Å². The Labute approximate surface area is 182 Å². The molecule has 6 nitrogen and oxygen atoms in total. The standard InChI is InChI=1S/C25H28N4O2/c1-16(2)17-4-6-19(7-5-17)29(3)20-8-9-21-18(12-20)13-27-24(21)15-28-23-14-26-11-10-22(23)25(30)31/h4-12,14,16,24,27-28H,13,15H2,1-3H3,(H,30,31)/t24-/m1/s1. The maximum Gasteiger partial charge on any atom is 0.337 e. The number of aromatic nitrogens is 1. The number of hydrogen-bond acceptors (Lipinski definition) is 5. The highest BCUT2D eigenvalue weighted by Crippen LogP contribution is 2.32. The molecule has 160 valence electrons. The van der Waals surface area contributed by atoms with Crippen molar-refractivity contribution in [1.29, 1.82) is 0 Å². The summed E-state index contributed by atoms with van der Waals surface area (Å²) in [5.74, 6) is -0.437. The number of aromatic carboxylic acids is 1. The number of carbonyl (C=O) groups is 1. The van der Waals surface area contributed by atoms with Crippen LogP contribution in [-0.4, -0.2) is 29.7 Å². The summed E-state index contributed by atoms with van der Waals surface area (Å²) in [6.07, 6.45) is 3.05. The molecule has 0 saturated carbocycles. The molecule has 6 heteroatoms. The summed E-state index contributed by atoms with van der Waals surface area (Å²) in [7, 11) is 2.09. The number of fused-ring (bicyclic) bond motifs is 1. The van der Waals surface area contributed by atoms with E-state index in [1.165, 1.54) is 29.0 Å². The first kappa shape index (κ1) is 20.9. The molecule has 3 aromatic rings. The van der Waals surface area contributed by atoms with Crippen LogP contribution in [0.4, 0.5) is 17.1 Å². The zero-order valence-electron chi connectivity index (χ0n) is 18.1. The van der Waals surface area contributed by atoms with Crippen molar-refractivity contribution >= 4 is 23.0 Å². The molecule has 4 rings (SSSR count). The van der Waals surface area contributed by atoms with Crippen molar-refractivity contribution in [2.24, 2.45) is 0 Å². The summed E-state index contributed by atoms with van der Waals surface area (Å²) in [4.78, 5) is 17.6. The highest BCUT2D eigenvalue weighted by molar-refractivity contribution is 5.93. The number of nitrogens with one attached hydrogen (secondary N) is 2. The molecule has 0 radical (unpaired) electrons. The molecule has 0 amide bonds. The Morgan fingerprint density at radius 2 is 1.94 bits per heavy atom. The number of anilines is 3. The Bertz CT molecular complexity index is 1080. The lowest BCUT2D eigenvalue weighted by atomic mass is 10.0. The average Bonchev–Trinajstić information content (AvgIpc) is 3.19. The molecule has 0 fully saturated rings. The minimum Gasteiger partial charge on any atom is -0.478 e. The minimum absolute atomic E-state index is 0.113. The molecule has 1 aromatic heterocycles. The highest BCUT2D eigenvalue weighted by Gasteiger charge is 2.23. The molecule has 0 bridgehead atoms. The quantitative estimate of drug-likeness (QED) is 0.507. The molecule has 1 aliphatic heterocycles. The van der Waals surface area contributed by atoms with Crippen LogP contribution in [0, 0.1) is 0 Å². The van der Waals surface area contributed by atoms with Gasteiger partial charge >= 0.3 is 5.97 Å². The van der Waals surface area contributed by atoms with E-state index in [2.05, 4.69) is 83.9 Å². The Hall–Kier alpha value is -3.38. The number of rotatable bonds is 7. The second-order valence-corrected chi connectivity index (χ2v) is 8.23. The summed E-state index contributed by atoms with van der Waals surface area (Å²) in [5.41, 5.74) is 6.91. The number of hydrogen-bond donors (Lipinski definition) is 3. The van der Waals surface area contributed by atoms with Gasteiger partial charge in [0.15, 0.2) is 0 Å². The van der Waals surface area contributed by atoms with E-state index in [1.807, 2.05) is 0 Å². The van der Waals surface area contributed by atoms with Gasteiger partial charge in [-0.2, -0.15) is 0 Å². The molecule has 0 aliphatic carbocycles. The van der Waals surface area contributed by atoms with Crippen LogP contribution in [0.2, 0.25) is 0 Å². The predicted molar refractivity (Wildman–Crippen MR) is 124 cm³/mol. The van der Waals surface area contributed by atoms with E-state index in [-0.39, 0.29) is 11.6 Å². The number of benzene rings is 2. The van der Waals surface area contributed by atoms with Crippen molar-refractivity contribution in [3.63, 3.8) is 0 Å². The smallest absolute Gasteiger partial charge is 0.337 e. The third kappa shape index (κ3) is 4.39. The van der Waals surface area contributed by atoms with Gasteiger partial charge in [-0.15, -0.1) is 0 Å². The van der Waals surface area contributed by atoms with Crippen LogP contribution < -0.4 is 15.5 Å². The monoisotopic (exact) mass is 416 g/mol. The molecular formula is C25H28N4O2. The van der Waals surface area contributed by atoms with Gasteiger partial charge < -0.3 is 20.6 Å². The molecule has 2 heterocycles. The van der Waals surface area contributed by atoms with Gasteiger partial charge in [0, 0.05) is 37.7 Å². The second-order valence-electron chi connectivity index (χ2n) is 8.23. The van der Waals surface area contributed by atoms with Crippen molar-refractivity contribution in [2.75, 3.05) is 23.8 Å². The second kappa shape index (κ2) is 8.78. The summed E-state index contributed by atoms with van der Waals surface area (Å²) >= 11 is 0. The third-order valence-electron chi connectivity index (χ3n) is 5.92. The number of carboxylic acid groups (broad SMARTS) is 1. The molecule has 0 saturated heterocycles. The van der Waals surface area contributed by atoms with Gasteiger partial charge in [-0.1, -0.05) is 32.0 Å². The first-order valence-corrected chi connectivity index (χ1v) is 10.5. The van der Waals surface area contributed by atoms with Gasteiger partial charge in [0.05, 0.1) is 23.5 Å². The Morgan fingerprint density at radius 1 is 1.19 bits per heavy atom. The van der Waals surface area contributed by atoms with Crippen LogP contribution >= 0.6 is 0 Å². The third-order valence-corrected chi connectivity index (χ3v) is 5.92. The van der Waals surface area contributed by atoms with Crippen molar-refractivity contribution < 1.29 is 9.90 Å². The SMILES string of the molecule is CC(C)c1ccc(N(C)c2ccc3c(c2)CN[C@@H]3CNc2cnccc2C(=O)O)cc1. The summed E-state index contributed by atoms with van der Waals surface area (Å²) in [5, 5.41) is 16.1. The van der Waals surface area contributed by atoms with Crippen molar-refractivity contribution in [3.05, 3.63) is 83.2 Å². The lowest BCUT2D eigenvalue weighted by Gasteiger charge is -2.21. The number of nitrogens with zero attached hydrogens (tertiary/aromatic N) is 2. The van der Waals surface area contributed by atoms with Gasteiger partial charge in [-0.25, -0.2) is 4.79 Å².